The van der Waals surface area contributed by atoms with E-state index in [0.717, 1.165) is 44.5 Å². The highest BCUT2D eigenvalue weighted by molar-refractivity contribution is 6.20. The fraction of sp³-hybridized carbons (Fsp3) is 0.553. The average molecular weight is 681 g/mol. The van der Waals surface area contributed by atoms with E-state index >= 15 is 0 Å². The molecule has 49 heavy (non-hydrogen) atoms. The van der Waals surface area contributed by atoms with Crippen molar-refractivity contribution in [1.29, 1.82) is 0 Å². The second kappa shape index (κ2) is 15.8. The lowest BCUT2D eigenvalue weighted by Gasteiger charge is -2.38. The Morgan fingerprint density at radius 1 is 0.796 bits per heavy atom. The van der Waals surface area contributed by atoms with E-state index in [1.807, 2.05) is 70.9 Å². The van der Waals surface area contributed by atoms with Gasteiger partial charge in [0.25, 0.3) is 0 Å². The first-order valence-corrected chi connectivity index (χ1v) is 17.0. The van der Waals surface area contributed by atoms with Gasteiger partial charge in [-0.05, 0) is 81.8 Å². The van der Waals surface area contributed by atoms with Crippen molar-refractivity contribution in [3.63, 3.8) is 0 Å². The Morgan fingerprint density at radius 3 is 1.73 bits per heavy atom. The standard InChI is InChI=1S/C20H29NO5.C18H23NO4/c1-6-25-19(23)20(7-9-21(24-5)10-8-20)26-18(22)13-17-15(3)11-14(2)12-16(17)4;1-11-9-12(2)14(13(3)10-11)15-16(20)18(23-17(15)21)5-7-19(22-4)8-6-18/h11-12H,6-10,13H2,1-5H3;9-10,20H,5-8H2,1-4H3. The number of carbonyl (C=O) groups is 3. The zero-order valence-corrected chi connectivity index (χ0v) is 30.5. The van der Waals surface area contributed by atoms with Crippen molar-refractivity contribution in [2.45, 2.75) is 91.8 Å². The smallest absolute Gasteiger partial charge is 0.350 e. The number of esters is 3. The van der Waals surface area contributed by atoms with Gasteiger partial charge in [-0.1, -0.05) is 35.4 Å². The van der Waals surface area contributed by atoms with Crippen LogP contribution in [-0.4, -0.2) is 91.3 Å². The molecule has 1 spiro atoms. The summed E-state index contributed by atoms with van der Waals surface area (Å²) >= 11 is 0. The van der Waals surface area contributed by atoms with E-state index in [9.17, 15) is 19.5 Å². The third-order valence-electron chi connectivity index (χ3n) is 9.78. The van der Waals surface area contributed by atoms with Gasteiger partial charge in [-0.25, -0.2) is 9.59 Å². The van der Waals surface area contributed by atoms with Crippen LogP contribution in [0, 0.1) is 41.5 Å². The summed E-state index contributed by atoms with van der Waals surface area (Å²) in [6.07, 6.45) is 1.93. The van der Waals surface area contributed by atoms with Crippen LogP contribution in [0.4, 0.5) is 0 Å². The molecule has 0 atom stereocenters. The molecule has 0 radical (unpaired) electrons. The van der Waals surface area contributed by atoms with Gasteiger partial charge in [-0.3, -0.25) is 4.79 Å². The van der Waals surface area contributed by atoms with Crippen molar-refractivity contribution in [3.8, 4) is 0 Å². The SMILES string of the molecule is CCOC(=O)C1(OC(=O)Cc2c(C)cc(C)cc2C)CCN(OC)CC1.CON1CCC2(CC1)OC(=O)C(c1c(C)cc(C)cc1C)=C2O. The van der Waals surface area contributed by atoms with Crippen molar-refractivity contribution >= 4 is 23.5 Å². The van der Waals surface area contributed by atoms with Crippen LogP contribution in [0.1, 0.15) is 77.1 Å². The number of hydrogen-bond acceptors (Lipinski definition) is 11. The number of piperidine rings is 2. The van der Waals surface area contributed by atoms with Crippen molar-refractivity contribution < 1.29 is 43.4 Å². The second-order valence-electron chi connectivity index (χ2n) is 13.3. The number of aliphatic hydroxyl groups is 1. The number of aliphatic hydroxyl groups excluding tert-OH is 1. The summed E-state index contributed by atoms with van der Waals surface area (Å²) in [5, 5.41) is 14.4. The summed E-state index contributed by atoms with van der Waals surface area (Å²) in [5.41, 5.74) is 6.31. The minimum Gasteiger partial charge on any atom is -0.507 e. The molecule has 0 aromatic heterocycles. The van der Waals surface area contributed by atoms with Crippen LogP contribution in [0.15, 0.2) is 30.0 Å². The molecular weight excluding hydrogens is 628 g/mol. The molecular formula is C38H52N2O9. The Labute approximate surface area is 290 Å². The van der Waals surface area contributed by atoms with Crippen molar-refractivity contribution in [2.24, 2.45) is 0 Å². The molecule has 2 aromatic rings. The van der Waals surface area contributed by atoms with E-state index in [-0.39, 0.29) is 18.8 Å². The lowest BCUT2D eigenvalue weighted by molar-refractivity contribution is -0.207. The maximum Gasteiger partial charge on any atom is 0.350 e. The molecule has 3 heterocycles. The van der Waals surface area contributed by atoms with Gasteiger partial charge in [-0.15, -0.1) is 0 Å². The summed E-state index contributed by atoms with van der Waals surface area (Å²) in [7, 11) is 3.21. The van der Waals surface area contributed by atoms with Gasteiger partial charge in [0.1, 0.15) is 5.57 Å². The molecule has 268 valence electrons. The number of carbonyl (C=O) groups excluding carboxylic acids is 3. The van der Waals surface area contributed by atoms with E-state index < -0.39 is 29.1 Å². The van der Waals surface area contributed by atoms with Gasteiger partial charge in [-0.2, -0.15) is 10.1 Å². The average Bonchev–Trinajstić information content (AvgIpc) is 3.27. The van der Waals surface area contributed by atoms with Gasteiger partial charge in [0.05, 0.1) is 27.2 Å². The molecule has 2 fully saturated rings. The summed E-state index contributed by atoms with van der Waals surface area (Å²) in [4.78, 5) is 48.1. The van der Waals surface area contributed by atoms with Crippen LogP contribution in [0.25, 0.3) is 5.57 Å². The van der Waals surface area contributed by atoms with Gasteiger partial charge in [0.2, 0.25) is 5.60 Å². The highest BCUT2D eigenvalue weighted by Gasteiger charge is 2.51. The maximum absolute atomic E-state index is 12.7. The zero-order chi connectivity index (χ0) is 36.1. The third-order valence-corrected chi connectivity index (χ3v) is 9.78. The number of nitrogens with zero attached hydrogens (tertiary/aromatic N) is 2. The first-order chi connectivity index (χ1) is 23.2. The van der Waals surface area contributed by atoms with E-state index in [0.29, 0.717) is 57.4 Å². The Hall–Kier alpha value is -3.77. The number of hydroxylamine groups is 4. The molecule has 0 bridgehead atoms. The molecule has 0 saturated carbocycles. The predicted octanol–water partition coefficient (Wildman–Crippen LogP) is 5.49. The normalized spacial score (nSPS) is 18.9. The predicted molar refractivity (Wildman–Crippen MR) is 184 cm³/mol. The van der Waals surface area contributed by atoms with E-state index in [1.165, 1.54) is 0 Å². The van der Waals surface area contributed by atoms with Gasteiger partial charge < -0.3 is 29.0 Å². The van der Waals surface area contributed by atoms with Crippen LogP contribution in [0.2, 0.25) is 0 Å². The molecule has 0 aliphatic carbocycles. The molecule has 0 unspecified atom stereocenters. The number of aryl methyl sites for hydroxylation is 6. The van der Waals surface area contributed by atoms with Gasteiger partial charge in [0, 0.05) is 51.9 Å². The van der Waals surface area contributed by atoms with E-state index in [1.54, 1.807) is 26.2 Å². The fourth-order valence-electron chi connectivity index (χ4n) is 7.29. The van der Waals surface area contributed by atoms with Crippen LogP contribution in [0.5, 0.6) is 0 Å². The Bertz CT molecular complexity index is 1540. The minimum absolute atomic E-state index is 0.0771. The fourth-order valence-corrected chi connectivity index (χ4v) is 7.29. The first kappa shape index (κ1) is 38.0. The second-order valence-corrected chi connectivity index (χ2v) is 13.3. The Kier molecular flexibility index (Phi) is 12.3. The first-order valence-electron chi connectivity index (χ1n) is 17.0. The van der Waals surface area contributed by atoms with E-state index in [4.69, 9.17) is 23.9 Å². The quantitative estimate of drug-likeness (QED) is 0.281. The molecule has 2 saturated heterocycles. The van der Waals surface area contributed by atoms with Crippen molar-refractivity contribution in [2.75, 3.05) is 47.0 Å². The maximum atomic E-state index is 12.7. The molecule has 3 aliphatic rings. The summed E-state index contributed by atoms with van der Waals surface area (Å²) in [6.45, 7) is 16.2. The third kappa shape index (κ3) is 8.34. The number of rotatable bonds is 8. The number of ether oxygens (including phenoxy) is 3. The summed E-state index contributed by atoms with van der Waals surface area (Å²) in [5.74, 6) is -1.22. The molecule has 11 nitrogen and oxygen atoms in total. The lowest BCUT2D eigenvalue weighted by atomic mass is 9.86. The Morgan fingerprint density at radius 2 is 1.27 bits per heavy atom. The molecule has 3 aliphatic heterocycles. The monoisotopic (exact) mass is 680 g/mol. The van der Waals surface area contributed by atoms with Gasteiger partial charge in [0.15, 0.2) is 11.4 Å². The highest BCUT2D eigenvalue weighted by Crippen LogP contribution is 2.44. The van der Waals surface area contributed by atoms with Crippen LogP contribution >= 0.6 is 0 Å². The summed E-state index contributed by atoms with van der Waals surface area (Å²) in [6, 6.07) is 8.14. The van der Waals surface area contributed by atoms with Crippen molar-refractivity contribution in [1.82, 2.24) is 10.1 Å². The van der Waals surface area contributed by atoms with Crippen LogP contribution in [0.3, 0.4) is 0 Å². The van der Waals surface area contributed by atoms with Crippen LogP contribution in [-0.2, 0) is 44.7 Å². The lowest BCUT2D eigenvalue weighted by Crippen LogP contribution is -2.52. The topological polar surface area (TPSA) is 124 Å². The largest absolute Gasteiger partial charge is 0.507 e. The molecule has 5 rings (SSSR count). The van der Waals surface area contributed by atoms with Crippen molar-refractivity contribution in [3.05, 3.63) is 74.5 Å². The molecule has 2 aromatic carbocycles. The molecule has 11 heteroatoms. The molecule has 0 amide bonds. The Balaban J connectivity index is 0.000000222. The van der Waals surface area contributed by atoms with Crippen LogP contribution < -0.4 is 0 Å². The number of benzene rings is 2. The summed E-state index contributed by atoms with van der Waals surface area (Å²) < 4.78 is 16.6. The van der Waals surface area contributed by atoms with E-state index in [2.05, 4.69) is 0 Å². The molecule has 1 N–H and O–H groups in total. The zero-order valence-electron chi connectivity index (χ0n) is 30.5. The number of hydrogen-bond donors (Lipinski definition) is 1. The van der Waals surface area contributed by atoms with Gasteiger partial charge >= 0.3 is 17.9 Å². The minimum atomic E-state index is -1.23. The highest BCUT2D eigenvalue weighted by atomic mass is 16.7.